The summed E-state index contributed by atoms with van der Waals surface area (Å²) in [6.45, 7) is 4.27. The van der Waals surface area contributed by atoms with Crippen LogP contribution in [0.15, 0.2) is 6.07 Å². The van der Waals surface area contributed by atoms with Crippen LogP contribution in [0, 0.1) is 0 Å². The number of aryl methyl sites for hydroxylation is 2. The number of aliphatic hydroxyl groups is 1. The second-order valence-corrected chi connectivity index (χ2v) is 4.34. The van der Waals surface area contributed by atoms with Crippen molar-refractivity contribution in [3.8, 4) is 0 Å². The molecule has 1 heterocycles. The predicted octanol–water partition coefficient (Wildman–Crippen LogP) is 2.09. The summed E-state index contributed by atoms with van der Waals surface area (Å²) in [5.74, 6) is 0. The monoisotopic (exact) mass is 208 g/mol. The minimum atomic E-state index is -0.195. The van der Waals surface area contributed by atoms with Gasteiger partial charge < -0.3 is 5.11 Å². The maximum Gasteiger partial charge on any atom is 0.0781 e. The van der Waals surface area contributed by atoms with E-state index in [4.69, 9.17) is 0 Å². The van der Waals surface area contributed by atoms with Gasteiger partial charge >= 0.3 is 0 Å². The molecule has 84 valence electrons. The van der Waals surface area contributed by atoms with Crippen LogP contribution >= 0.6 is 0 Å². The van der Waals surface area contributed by atoms with Crippen molar-refractivity contribution in [2.45, 2.75) is 58.1 Å². The van der Waals surface area contributed by atoms with E-state index >= 15 is 0 Å². The van der Waals surface area contributed by atoms with Gasteiger partial charge in [0.15, 0.2) is 0 Å². The van der Waals surface area contributed by atoms with Crippen LogP contribution in [0.5, 0.6) is 0 Å². The molecular weight excluding hydrogens is 188 g/mol. The van der Waals surface area contributed by atoms with Crippen LogP contribution in [0.2, 0.25) is 0 Å². The standard InChI is InChI=1S/C12H20N2O/c1-3-9-8-10(4-2)14(13-9)11-6-5-7-12(11)15/h8,11-12,15H,3-7H2,1-2H3/t11-,12-/m1/s1. The zero-order chi connectivity index (χ0) is 10.8. The van der Waals surface area contributed by atoms with Crippen molar-refractivity contribution in [1.82, 2.24) is 9.78 Å². The highest BCUT2D eigenvalue weighted by atomic mass is 16.3. The average molecular weight is 208 g/mol. The van der Waals surface area contributed by atoms with Crippen molar-refractivity contribution in [2.24, 2.45) is 0 Å². The lowest BCUT2D eigenvalue weighted by Gasteiger charge is -2.17. The maximum atomic E-state index is 9.88. The molecule has 1 saturated carbocycles. The Morgan fingerprint density at radius 2 is 2.20 bits per heavy atom. The highest BCUT2D eigenvalue weighted by molar-refractivity contribution is 5.12. The van der Waals surface area contributed by atoms with E-state index in [-0.39, 0.29) is 12.1 Å². The molecule has 1 aliphatic carbocycles. The second-order valence-electron chi connectivity index (χ2n) is 4.34. The molecule has 15 heavy (non-hydrogen) atoms. The van der Waals surface area contributed by atoms with Crippen LogP contribution in [0.25, 0.3) is 0 Å². The highest BCUT2D eigenvalue weighted by Gasteiger charge is 2.28. The van der Waals surface area contributed by atoms with E-state index in [9.17, 15) is 5.11 Å². The molecule has 3 heteroatoms. The third-order valence-electron chi connectivity index (χ3n) is 3.35. The smallest absolute Gasteiger partial charge is 0.0781 e. The average Bonchev–Trinajstić information content (AvgIpc) is 2.82. The number of hydrogen-bond donors (Lipinski definition) is 1. The molecule has 1 N–H and O–H groups in total. The van der Waals surface area contributed by atoms with E-state index in [2.05, 4.69) is 29.7 Å². The minimum Gasteiger partial charge on any atom is -0.391 e. The van der Waals surface area contributed by atoms with Crippen LogP contribution in [-0.4, -0.2) is 21.0 Å². The summed E-state index contributed by atoms with van der Waals surface area (Å²) < 4.78 is 2.07. The van der Waals surface area contributed by atoms with Crippen molar-refractivity contribution < 1.29 is 5.11 Å². The van der Waals surface area contributed by atoms with Crippen molar-refractivity contribution in [3.05, 3.63) is 17.5 Å². The van der Waals surface area contributed by atoms with E-state index in [1.807, 2.05) is 0 Å². The van der Waals surface area contributed by atoms with Gasteiger partial charge in [-0.05, 0) is 38.2 Å². The van der Waals surface area contributed by atoms with Crippen molar-refractivity contribution in [2.75, 3.05) is 0 Å². The first-order valence-corrected chi connectivity index (χ1v) is 6.01. The molecule has 0 bridgehead atoms. The van der Waals surface area contributed by atoms with Crippen LogP contribution in [0.4, 0.5) is 0 Å². The van der Waals surface area contributed by atoms with Gasteiger partial charge in [0.05, 0.1) is 17.8 Å². The van der Waals surface area contributed by atoms with Crippen LogP contribution in [0.1, 0.15) is 50.5 Å². The first-order chi connectivity index (χ1) is 7.26. The lowest BCUT2D eigenvalue weighted by atomic mass is 10.2. The van der Waals surface area contributed by atoms with Crippen molar-refractivity contribution >= 4 is 0 Å². The fourth-order valence-corrected chi connectivity index (χ4v) is 2.42. The second kappa shape index (κ2) is 4.35. The molecular formula is C12H20N2O. The summed E-state index contributed by atoms with van der Waals surface area (Å²) >= 11 is 0. The van der Waals surface area contributed by atoms with Gasteiger partial charge in [0, 0.05) is 5.69 Å². The minimum absolute atomic E-state index is 0.195. The van der Waals surface area contributed by atoms with Gasteiger partial charge in [0.1, 0.15) is 0 Å². The number of nitrogens with zero attached hydrogens (tertiary/aromatic N) is 2. The molecule has 0 amide bonds. The largest absolute Gasteiger partial charge is 0.391 e. The van der Waals surface area contributed by atoms with Crippen LogP contribution < -0.4 is 0 Å². The molecule has 0 spiro atoms. The molecule has 1 aromatic rings. The van der Waals surface area contributed by atoms with E-state index in [0.29, 0.717) is 0 Å². The summed E-state index contributed by atoms with van der Waals surface area (Å²) in [7, 11) is 0. The summed E-state index contributed by atoms with van der Waals surface area (Å²) in [6.07, 6.45) is 4.89. The number of aromatic nitrogens is 2. The first kappa shape index (κ1) is 10.7. The number of hydrogen-bond acceptors (Lipinski definition) is 2. The van der Waals surface area contributed by atoms with Crippen LogP contribution in [0.3, 0.4) is 0 Å². The molecule has 3 nitrogen and oxygen atoms in total. The third kappa shape index (κ3) is 1.93. The fraction of sp³-hybridized carbons (Fsp3) is 0.750. The first-order valence-electron chi connectivity index (χ1n) is 6.01. The zero-order valence-corrected chi connectivity index (χ0v) is 9.61. The lowest BCUT2D eigenvalue weighted by Crippen LogP contribution is -2.21. The summed E-state index contributed by atoms with van der Waals surface area (Å²) in [6, 6.07) is 2.39. The molecule has 0 saturated heterocycles. The quantitative estimate of drug-likeness (QED) is 0.826. The van der Waals surface area contributed by atoms with Crippen molar-refractivity contribution in [3.63, 3.8) is 0 Å². The molecule has 0 unspecified atom stereocenters. The van der Waals surface area contributed by atoms with Crippen molar-refractivity contribution in [1.29, 1.82) is 0 Å². The Bertz CT molecular complexity index is 332. The Kier molecular flexibility index (Phi) is 3.10. The molecule has 2 atom stereocenters. The number of rotatable bonds is 3. The van der Waals surface area contributed by atoms with E-state index in [1.54, 1.807) is 0 Å². The third-order valence-corrected chi connectivity index (χ3v) is 3.35. The summed E-state index contributed by atoms with van der Waals surface area (Å²) in [5.41, 5.74) is 2.41. The van der Waals surface area contributed by atoms with Gasteiger partial charge in [-0.3, -0.25) is 4.68 Å². The van der Waals surface area contributed by atoms with Gasteiger partial charge in [0.2, 0.25) is 0 Å². The summed E-state index contributed by atoms with van der Waals surface area (Å²) in [4.78, 5) is 0. The molecule has 0 aliphatic heterocycles. The Balaban J connectivity index is 2.29. The zero-order valence-electron chi connectivity index (χ0n) is 9.61. The van der Waals surface area contributed by atoms with Gasteiger partial charge in [-0.25, -0.2) is 0 Å². The number of aliphatic hydroxyl groups excluding tert-OH is 1. The van der Waals surface area contributed by atoms with E-state index in [1.165, 1.54) is 5.69 Å². The lowest BCUT2D eigenvalue weighted by molar-refractivity contribution is 0.128. The highest BCUT2D eigenvalue weighted by Crippen LogP contribution is 2.31. The predicted molar refractivity (Wildman–Crippen MR) is 59.9 cm³/mol. The topological polar surface area (TPSA) is 38.0 Å². The molecule has 1 aromatic heterocycles. The van der Waals surface area contributed by atoms with E-state index in [0.717, 1.165) is 37.8 Å². The van der Waals surface area contributed by atoms with E-state index < -0.39 is 0 Å². The normalized spacial score (nSPS) is 26.1. The fourth-order valence-electron chi connectivity index (χ4n) is 2.42. The molecule has 0 aromatic carbocycles. The molecule has 1 fully saturated rings. The van der Waals surface area contributed by atoms with Gasteiger partial charge in [-0.15, -0.1) is 0 Å². The van der Waals surface area contributed by atoms with Gasteiger partial charge in [0.25, 0.3) is 0 Å². The Hall–Kier alpha value is -0.830. The molecule has 1 aliphatic rings. The molecule has 2 rings (SSSR count). The van der Waals surface area contributed by atoms with Gasteiger partial charge in [-0.2, -0.15) is 5.10 Å². The maximum absolute atomic E-state index is 9.88. The Morgan fingerprint density at radius 3 is 2.73 bits per heavy atom. The Labute approximate surface area is 91.1 Å². The van der Waals surface area contributed by atoms with Gasteiger partial charge in [-0.1, -0.05) is 13.8 Å². The van der Waals surface area contributed by atoms with Crippen LogP contribution in [-0.2, 0) is 12.8 Å². The summed E-state index contributed by atoms with van der Waals surface area (Å²) in [5, 5.41) is 14.5. The molecule has 0 radical (unpaired) electrons. The Morgan fingerprint density at radius 1 is 1.40 bits per heavy atom. The SMILES string of the molecule is CCc1cc(CC)n([C@@H]2CCC[C@H]2O)n1.